The van der Waals surface area contributed by atoms with Gasteiger partial charge in [0, 0.05) is 12.4 Å². The van der Waals surface area contributed by atoms with E-state index in [0.29, 0.717) is 12.8 Å². The summed E-state index contributed by atoms with van der Waals surface area (Å²) in [7, 11) is 0. The first-order chi connectivity index (χ1) is 9.10. The molecule has 4 N–H and O–H groups in total. The van der Waals surface area contributed by atoms with Gasteiger partial charge in [-0.1, -0.05) is 17.6 Å². The third kappa shape index (κ3) is 2.38. The second-order valence-corrected chi connectivity index (χ2v) is 4.90. The topological polar surface area (TPSA) is 101 Å². The fourth-order valence-corrected chi connectivity index (χ4v) is 2.28. The number of oxime groups is 1. The van der Waals surface area contributed by atoms with Gasteiger partial charge in [-0.25, -0.2) is 0 Å². The molecular weight excluding hydrogens is 244 g/mol. The summed E-state index contributed by atoms with van der Waals surface area (Å²) in [6.07, 6.45) is 5.54. The molecule has 0 spiro atoms. The van der Waals surface area contributed by atoms with Crippen LogP contribution >= 0.6 is 0 Å². The Bertz CT molecular complexity index is 483. The van der Waals surface area contributed by atoms with Gasteiger partial charge in [-0.05, 0) is 31.4 Å². The number of hydrogen-bond donors (Lipinski definition) is 3. The monoisotopic (exact) mass is 262 g/mol. The third-order valence-corrected chi connectivity index (χ3v) is 3.77. The maximum Gasteiger partial charge on any atom is 0.234 e. The molecule has 1 amide bonds. The van der Waals surface area contributed by atoms with Crippen LogP contribution in [0.2, 0.25) is 0 Å². The van der Waals surface area contributed by atoms with Crippen molar-refractivity contribution < 1.29 is 10.0 Å². The number of nitrogens with two attached hydrogens (primary N) is 1. The van der Waals surface area contributed by atoms with Crippen LogP contribution in [-0.2, 0) is 4.79 Å². The lowest BCUT2D eigenvalue weighted by molar-refractivity contribution is -0.131. The van der Waals surface area contributed by atoms with Crippen molar-refractivity contribution in [1.82, 2.24) is 10.3 Å². The van der Waals surface area contributed by atoms with Crippen molar-refractivity contribution >= 4 is 11.7 Å². The predicted octanol–water partition coefficient (Wildman–Crippen LogP) is 1.18. The predicted molar refractivity (Wildman–Crippen MR) is 70.5 cm³/mol. The van der Waals surface area contributed by atoms with Gasteiger partial charge < -0.3 is 16.3 Å². The minimum absolute atomic E-state index is 0.00497. The van der Waals surface area contributed by atoms with Crippen LogP contribution < -0.4 is 11.1 Å². The van der Waals surface area contributed by atoms with Crippen molar-refractivity contribution in [1.29, 1.82) is 0 Å². The van der Waals surface area contributed by atoms with E-state index >= 15 is 0 Å². The molecule has 1 aromatic rings. The van der Waals surface area contributed by atoms with Crippen LogP contribution in [0.1, 0.15) is 37.8 Å². The van der Waals surface area contributed by atoms with E-state index < -0.39 is 5.41 Å². The van der Waals surface area contributed by atoms with E-state index in [4.69, 9.17) is 10.9 Å². The van der Waals surface area contributed by atoms with E-state index in [1.54, 1.807) is 12.4 Å². The number of rotatable bonds is 4. The van der Waals surface area contributed by atoms with Gasteiger partial charge in [0.1, 0.15) is 5.41 Å². The van der Waals surface area contributed by atoms with Gasteiger partial charge in [-0.15, -0.1) is 0 Å². The largest absolute Gasteiger partial charge is 0.409 e. The zero-order chi connectivity index (χ0) is 13.9. The Morgan fingerprint density at radius 2 is 2.37 bits per heavy atom. The van der Waals surface area contributed by atoms with Gasteiger partial charge in [0.15, 0.2) is 5.84 Å². The molecule has 1 fully saturated rings. The van der Waals surface area contributed by atoms with E-state index in [2.05, 4.69) is 15.5 Å². The number of amidine groups is 1. The fourth-order valence-electron chi connectivity index (χ4n) is 2.28. The smallest absolute Gasteiger partial charge is 0.234 e. The van der Waals surface area contributed by atoms with Crippen LogP contribution in [0.5, 0.6) is 0 Å². The van der Waals surface area contributed by atoms with Gasteiger partial charge in [0.05, 0.1) is 6.04 Å². The first-order valence-electron chi connectivity index (χ1n) is 6.29. The number of nitrogens with zero attached hydrogens (tertiary/aromatic N) is 2. The highest BCUT2D eigenvalue weighted by Gasteiger charge is 2.48. The molecule has 19 heavy (non-hydrogen) atoms. The van der Waals surface area contributed by atoms with Crippen LogP contribution in [0.3, 0.4) is 0 Å². The van der Waals surface area contributed by atoms with Crippen LogP contribution in [0.4, 0.5) is 0 Å². The minimum atomic E-state index is -0.842. The fraction of sp³-hybridized carbons (Fsp3) is 0.462. The molecule has 6 heteroatoms. The highest BCUT2D eigenvalue weighted by atomic mass is 16.4. The zero-order valence-corrected chi connectivity index (χ0v) is 10.8. The first kappa shape index (κ1) is 13.3. The molecule has 0 radical (unpaired) electrons. The Hall–Kier alpha value is -2.11. The molecule has 1 aliphatic rings. The molecule has 6 nitrogen and oxygen atoms in total. The number of aromatic nitrogens is 1. The minimum Gasteiger partial charge on any atom is -0.409 e. The van der Waals surface area contributed by atoms with Crippen molar-refractivity contribution in [2.75, 3.05) is 0 Å². The molecule has 102 valence electrons. The Kier molecular flexibility index (Phi) is 3.69. The van der Waals surface area contributed by atoms with Gasteiger partial charge >= 0.3 is 0 Å². The molecule has 1 saturated carbocycles. The Morgan fingerprint density at radius 3 is 2.84 bits per heavy atom. The van der Waals surface area contributed by atoms with E-state index in [1.807, 2.05) is 19.1 Å². The van der Waals surface area contributed by atoms with Crippen LogP contribution in [0, 0.1) is 5.41 Å². The van der Waals surface area contributed by atoms with E-state index in [0.717, 1.165) is 12.0 Å². The van der Waals surface area contributed by atoms with Gasteiger partial charge in [-0.2, -0.15) is 0 Å². The molecule has 1 unspecified atom stereocenters. The third-order valence-electron chi connectivity index (χ3n) is 3.77. The number of hydrogen-bond acceptors (Lipinski definition) is 4. The van der Waals surface area contributed by atoms with E-state index in [9.17, 15) is 4.79 Å². The van der Waals surface area contributed by atoms with Gasteiger partial charge in [0.2, 0.25) is 5.91 Å². The van der Waals surface area contributed by atoms with Crippen molar-refractivity contribution in [3.8, 4) is 0 Å². The molecule has 1 aliphatic carbocycles. The highest BCUT2D eigenvalue weighted by Crippen LogP contribution is 2.41. The van der Waals surface area contributed by atoms with Crippen molar-refractivity contribution in [3.63, 3.8) is 0 Å². The van der Waals surface area contributed by atoms with Crippen molar-refractivity contribution in [2.45, 2.75) is 32.2 Å². The quantitative estimate of drug-likeness (QED) is 0.328. The van der Waals surface area contributed by atoms with Gasteiger partial charge in [-0.3, -0.25) is 9.78 Å². The maximum atomic E-state index is 12.3. The average Bonchev–Trinajstić information content (AvgIpc) is 2.38. The molecule has 1 heterocycles. The Balaban J connectivity index is 2.09. The highest BCUT2D eigenvalue weighted by molar-refractivity contribution is 6.07. The summed E-state index contributed by atoms with van der Waals surface area (Å²) >= 11 is 0. The Labute approximate surface area is 111 Å². The second kappa shape index (κ2) is 5.26. The molecule has 0 bridgehead atoms. The van der Waals surface area contributed by atoms with Crippen LogP contribution in [-0.4, -0.2) is 21.9 Å². The van der Waals surface area contributed by atoms with E-state index in [1.165, 1.54) is 0 Å². The normalized spacial score (nSPS) is 19.3. The summed E-state index contributed by atoms with van der Waals surface area (Å²) in [6, 6.07) is 3.56. The molecule has 2 rings (SSSR count). The van der Waals surface area contributed by atoms with Crippen LogP contribution in [0.25, 0.3) is 0 Å². The maximum absolute atomic E-state index is 12.3. The number of carbonyl (C=O) groups is 1. The van der Waals surface area contributed by atoms with Crippen molar-refractivity contribution in [3.05, 3.63) is 30.1 Å². The Morgan fingerprint density at radius 1 is 1.63 bits per heavy atom. The summed E-state index contributed by atoms with van der Waals surface area (Å²) in [4.78, 5) is 16.3. The lowest BCUT2D eigenvalue weighted by Crippen LogP contribution is -2.54. The first-order valence-corrected chi connectivity index (χ1v) is 6.29. The van der Waals surface area contributed by atoms with Gasteiger partial charge in [0.25, 0.3) is 0 Å². The summed E-state index contributed by atoms with van der Waals surface area (Å²) < 4.78 is 0. The average molecular weight is 262 g/mol. The van der Waals surface area contributed by atoms with E-state index in [-0.39, 0.29) is 17.8 Å². The lowest BCUT2D eigenvalue weighted by Gasteiger charge is -2.39. The number of amides is 1. The molecule has 0 aromatic carbocycles. The number of nitrogens with one attached hydrogen (secondary N) is 1. The molecule has 1 aromatic heterocycles. The lowest BCUT2D eigenvalue weighted by atomic mass is 9.67. The summed E-state index contributed by atoms with van der Waals surface area (Å²) in [6.45, 7) is 1.88. The standard InChI is InChI=1S/C13H18N4O2/c1-9(10-4-2-7-15-8-10)16-12(18)13(5-3-6-13)11(14)17-19/h2,4,7-9,19H,3,5-6H2,1H3,(H2,14,17)(H,16,18). The molecule has 0 aliphatic heterocycles. The summed E-state index contributed by atoms with van der Waals surface area (Å²) in [5.41, 5.74) is 5.73. The van der Waals surface area contributed by atoms with Crippen molar-refractivity contribution in [2.24, 2.45) is 16.3 Å². The molecular formula is C13H18N4O2. The second-order valence-electron chi connectivity index (χ2n) is 4.90. The zero-order valence-electron chi connectivity index (χ0n) is 10.8. The summed E-state index contributed by atoms with van der Waals surface area (Å²) in [5.74, 6) is -0.194. The SMILES string of the molecule is CC(NC(=O)C1(/C(N)=N/O)CCC1)c1cccnc1. The van der Waals surface area contributed by atoms with Crippen LogP contribution in [0.15, 0.2) is 29.7 Å². The molecule has 0 saturated heterocycles. The number of pyridine rings is 1. The number of carbonyl (C=O) groups excluding carboxylic acids is 1. The molecule has 1 atom stereocenters. The summed E-state index contributed by atoms with van der Waals surface area (Å²) in [5, 5.41) is 14.7.